The smallest absolute Gasteiger partial charge is 0.368 e. The van der Waals surface area contributed by atoms with Crippen LogP contribution in [0, 0.1) is 0 Å². The number of carboxylic acid groups (broad SMARTS) is 1. The molecule has 0 aromatic carbocycles. The van der Waals surface area contributed by atoms with Crippen molar-refractivity contribution < 1.29 is 18.4 Å². The third kappa shape index (κ3) is 7.42. The molecular weight excluding hydrogens is 179 g/mol. The molecule has 1 unspecified atom stereocenters. The highest BCUT2D eigenvalue weighted by molar-refractivity contribution is 6.43. The molecular formula is C7H13FO3Si. The maximum absolute atomic E-state index is 12.1. The van der Waals surface area contributed by atoms with E-state index in [1.54, 1.807) is 0 Å². The van der Waals surface area contributed by atoms with Gasteiger partial charge in [-0.25, -0.2) is 4.79 Å². The summed E-state index contributed by atoms with van der Waals surface area (Å²) in [6.07, 6.45) is 2.95. The average Bonchev–Trinajstić information content (AvgIpc) is 2.07. The highest BCUT2D eigenvalue weighted by Gasteiger charge is 2.13. The second-order valence-corrected chi connectivity index (χ2v) is 4.05. The van der Waals surface area contributed by atoms with E-state index in [9.17, 15) is 8.90 Å². The zero-order chi connectivity index (χ0) is 9.40. The quantitative estimate of drug-likeness (QED) is 0.386. The van der Waals surface area contributed by atoms with Crippen LogP contribution < -0.4 is 0 Å². The first-order valence-electron chi connectivity index (χ1n) is 3.78. The first-order chi connectivity index (χ1) is 5.66. The van der Waals surface area contributed by atoms with Crippen LogP contribution in [-0.4, -0.2) is 27.1 Å². The summed E-state index contributed by atoms with van der Waals surface area (Å²) in [5.41, 5.74) is 0. The van der Waals surface area contributed by atoms with Crippen molar-refractivity contribution in [3.05, 3.63) is 12.7 Å². The highest BCUT2D eigenvalue weighted by atomic mass is 28.3. The summed E-state index contributed by atoms with van der Waals surface area (Å²) in [6, 6.07) is 0.736. The minimum absolute atomic E-state index is 0.674. The van der Waals surface area contributed by atoms with Crippen LogP contribution >= 0.6 is 0 Å². The fourth-order valence-corrected chi connectivity index (χ4v) is 1.90. The summed E-state index contributed by atoms with van der Waals surface area (Å²) in [6.45, 7) is 3.63. The number of carbonyl (C=O) groups is 1. The topological polar surface area (TPSA) is 46.5 Å². The van der Waals surface area contributed by atoms with E-state index < -0.39 is 15.3 Å². The van der Waals surface area contributed by atoms with Gasteiger partial charge in [-0.3, -0.25) is 4.11 Å². The summed E-state index contributed by atoms with van der Waals surface area (Å²) < 4.78 is 16.9. The lowest BCUT2D eigenvalue weighted by Gasteiger charge is -2.12. The van der Waals surface area contributed by atoms with Crippen molar-refractivity contribution in [1.29, 1.82) is 0 Å². The van der Waals surface area contributed by atoms with Crippen LogP contribution in [0.2, 0.25) is 6.04 Å². The number of rotatable bonds is 1. The molecule has 0 radical (unpaired) electrons. The number of hydrogen-bond acceptors (Lipinski definition) is 2. The predicted octanol–water partition coefficient (Wildman–Crippen LogP) is 1.24. The largest absolute Gasteiger partial charge is 0.478 e. The van der Waals surface area contributed by atoms with Crippen molar-refractivity contribution in [3.8, 4) is 0 Å². The van der Waals surface area contributed by atoms with Gasteiger partial charge in [-0.05, 0) is 18.9 Å². The zero-order valence-electron chi connectivity index (χ0n) is 6.83. The molecule has 1 heterocycles. The van der Waals surface area contributed by atoms with Crippen molar-refractivity contribution in [2.45, 2.75) is 18.9 Å². The van der Waals surface area contributed by atoms with Crippen LogP contribution in [0.5, 0.6) is 0 Å². The van der Waals surface area contributed by atoms with Crippen molar-refractivity contribution in [2.75, 3.05) is 6.61 Å². The van der Waals surface area contributed by atoms with Crippen molar-refractivity contribution in [3.63, 3.8) is 0 Å². The Bertz CT molecular complexity index is 146. The highest BCUT2D eigenvalue weighted by Crippen LogP contribution is 2.10. The molecule has 70 valence electrons. The first-order valence-corrected chi connectivity index (χ1v) is 5.50. The van der Waals surface area contributed by atoms with E-state index in [0.29, 0.717) is 6.61 Å². The summed E-state index contributed by atoms with van der Waals surface area (Å²) in [7, 11) is -2.09. The molecule has 0 amide bonds. The Balaban J connectivity index is 0.000000217. The van der Waals surface area contributed by atoms with Crippen LogP contribution in [0.4, 0.5) is 4.11 Å². The first kappa shape index (κ1) is 11.3. The number of carboxylic acids is 1. The van der Waals surface area contributed by atoms with Crippen molar-refractivity contribution in [1.82, 2.24) is 0 Å². The summed E-state index contributed by atoms with van der Waals surface area (Å²) >= 11 is 0. The number of aliphatic carboxylic acids is 1. The van der Waals surface area contributed by atoms with Gasteiger partial charge < -0.3 is 9.53 Å². The van der Waals surface area contributed by atoms with Gasteiger partial charge in [-0.15, -0.1) is 0 Å². The molecule has 1 saturated heterocycles. The van der Waals surface area contributed by atoms with Gasteiger partial charge in [0.05, 0.1) is 0 Å². The molecule has 1 aliphatic rings. The second kappa shape index (κ2) is 6.99. The van der Waals surface area contributed by atoms with E-state index in [1.807, 2.05) is 0 Å². The van der Waals surface area contributed by atoms with E-state index in [2.05, 4.69) is 6.58 Å². The molecule has 12 heavy (non-hydrogen) atoms. The third-order valence-electron chi connectivity index (χ3n) is 1.30. The molecule has 0 aromatic heterocycles. The van der Waals surface area contributed by atoms with Gasteiger partial charge in [0, 0.05) is 12.7 Å². The lowest BCUT2D eigenvalue weighted by molar-refractivity contribution is -0.131. The van der Waals surface area contributed by atoms with Gasteiger partial charge in [0.2, 0.25) is 0 Å². The molecule has 1 N–H and O–H groups in total. The van der Waals surface area contributed by atoms with Crippen molar-refractivity contribution >= 4 is 15.3 Å². The molecule has 1 fully saturated rings. The van der Waals surface area contributed by atoms with Gasteiger partial charge in [0.15, 0.2) is 0 Å². The van der Waals surface area contributed by atoms with E-state index in [-0.39, 0.29) is 0 Å². The molecule has 0 saturated carbocycles. The Hall–Kier alpha value is -0.683. The Kier molecular flexibility index (Phi) is 6.59. The summed E-state index contributed by atoms with van der Waals surface area (Å²) in [5.74, 6) is -0.981. The van der Waals surface area contributed by atoms with E-state index in [1.165, 1.54) is 0 Å². The van der Waals surface area contributed by atoms with Crippen LogP contribution in [-0.2, 0) is 9.22 Å². The van der Waals surface area contributed by atoms with Crippen LogP contribution in [0.15, 0.2) is 12.7 Å². The SMILES string of the molecule is C=CC(=O)O.F[SiH]1CCCCO1. The summed E-state index contributed by atoms with van der Waals surface area (Å²) in [5, 5.41) is 7.60. The van der Waals surface area contributed by atoms with E-state index in [0.717, 1.165) is 25.0 Å². The Morgan fingerprint density at radius 1 is 1.67 bits per heavy atom. The second-order valence-electron chi connectivity index (χ2n) is 2.32. The normalized spacial score (nSPS) is 21.9. The van der Waals surface area contributed by atoms with E-state index >= 15 is 0 Å². The molecule has 1 rings (SSSR count). The third-order valence-corrected chi connectivity index (χ3v) is 2.76. The fraction of sp³-hybridized carbons (Fsp3) is 0.571. The van der Waals surface area contributed by atoms with Crippen LogP contribution in [0.25, 0.3) is 0 Å². The fourth-order valence-electron chi connectivity index (χ4n) is 0.701. The standard InChI is InChI=1S/C4H9FOSi.C3H4O2/c5-7-4-2-1-3-6-7;1-2-3(4)5/h7H,1-4H2;2H,1H2,(H,4,5). The lowest BCUT2D eigenvalue weighted by atomic mass is 10.4. The van der Waals surface area contributed by atoms with Crippen LogP contribution in [0.1, 0.15) is 12.8 Å². The molecule has 5 heteroatoms. The van der Waals surface area contributed by atoms with Crippen LogP contribution in [0.3, 0.4) is 0 Å². The molecule has 3 nitrogen and oxygen atoms in total. The van der Waals surface area contributed by atoms with Crippen molar-refractivity contribution in [2.24, 2.45) is 0 Å². The Morgan fingerprint density at radius 2 is 2.25 bits per heavy atom. The molecule has 0 spiro atoms. The molecule has 1 atom stereocenters. The maximum Gasteiger partial charge on any atom is 0.368 e. The average molecular weight is 192 g/mol. The molecule has 0 aliphatic carbocycles. The van der Waals surface area contributed by atoms with Gasteiger partial charge in [0.25, 0.3) is 0 Å². The van der Waals surface area contributed by atoms with Gasteiger partial charge in [-0.1, -0.05) is 6.58 Å². The monoisotopic (exact) mass is 192 g/mol. The van der Waals surface area contributed by atoms with Gasteiger partial charge >= 0.3 is 15.3 Å². The Labute approximate surface area is 72.7 Å². The minimum Gasteiger partial charge on any atom is -0.478 e. The minimum atomic E-state index is -2.09. The molecule has 0 aromatic rings. The summed E-state index contributed by atoms with van der Waals surface area (Å²) in [4.78, 5) is 9.25. The van der Waals surface area contributed by atoms with Gasteiger partial charge in [0.1, 0.15) is 0 Å². The molecule has 0 bridgehead atoms. The number of halogens is 1. The van der Waals surface area contributed by atoms with Gasteiger partial charge in [-0.2, -0.15) is 0 Å². The Morgan fingerprint density at radius 3 is 2.42 bits per heavy atom. The molecule has 1 aliphatic heterocycles. The predicted molar refractivity (Wildman–Crippen MR) is 46.1 cm³/mol. The number of hydrogen-bond donors (Lipinski definition) is 1. The lowest BCUT2D eigenvalue weighted by Crippen LogP contribution is -2.17. The zero-order valence-corrected chi connectivity index (χ0v) is 7.99. The maximum atomic E-state index is 12.1. The van der Waals surface area contributed by atoms with E-state index in [4.69, 9.17) is 9.53 Å².